The van der Waals surface area contributed by atoms with Crippen LogP contribution in [0.3, 0.4) is 0 Å². The summed E-state index contributed by atoms with van der Waals surface area (Å²) in [6, 6.07) is 5.72. The van der Waals surface area contributed by atoms with E-state index in [2.05, 4.69) is 49.3 Å². The normalized spacial score (nSPS) is 17.1. The van der Waals surface area contributed by atoms with Gasteiger partial charge in [-0.15, -0.1) is 23.5 Å². The highest BCUT2D eigenvalue weighted by molar-refractivity contribution is 8.23. The first-order valence-electron chi connectivity index (χ1n) is 17.1. The highest BCUT2D eigenvalue weighted by atomic mass is 32.2. The zero-order valence-electron chi connectivity index (χ0n) is 30.6. The molecule has 4 heterocycles. The molecule has 2 N–H and O–H groups in total. The van der Waals surface area contributed by atoms with E-state index < -0.39 is 28.2 Å². The Balaban J connectivity index is 1.68. The predicted molar refractivity (Wildman–Crippen MR) is 229 cm³/mol. The van der Waals surface area contributed by atoms with Crippen molar-refractivity contribution in [2.75, 3.05) is 36.1 Å². The van der Waals surface area contributed by atoms with Gasteiger partial charge < -0.3 is 20.0 Å². The molecule has 288 valence electrons. The lowest BCUT2D eigenvalue weighted by Crippen LogP contribution is -2.34. The van der Waals surface area contributed by atoms with Crippen LogP contribution in [-0.2, 0) is 9.59 Å². The lowest BCUT2D eigenvalue weighted by Gasteiger charge is -2.20. The van der Waals surface area contributed by atoms with Crippen LogP contribution in [0.2, 0.25) is 51.4 Å². The summed E-state index contributed by atoms with van der Waals surface area (Å²) in [4.78, 5) is 63.7. The number of carbonyl (C=O) groups excluding carboxylic acids is 4. The van der Waals surface area contributed by atoms with E-state index in [1.54, 1.807) is 12.1 Å². The number of hydrogen-bond donors (Lipinski definition) is 2. The molecule has 2 aliphatic rings. The molecule has 2 aromatic heterocycles. The Hall–Kier alpha value is -2.21. The lowest BCUT2D eigenvalue weighted by atomic mass is 10.1. The number of pyridine rings is 2. The van der Waals surface area contributed by atoms with E-state index in [0.717, 1.165) is 21.5 Å². The summed E-state index contributed by atoms with van der Waals surface area (Å²) in [5, 5.41) is 23.4. The third kappa shape index (κ3) is 11.9. The van der Waals surface area contributed by atoms with E-state index in [1.165, 1.54) is 69.0 Å². The van der Waals surface area contributed by atoms with Crippen LogP contribution in [0.5, 0.6) is 0 Å². The first kappa shape index (κ1) is 43.5. The van der Waals surface area contributed by atoms with Gasteiger partial charge in [-0.25, -0.2) is 0 Å². The quantitative estimate of drug-likeness (QED) is 0.0712. The molecule has 2 aliphatic heterocycles. The molecular weight excluding hydrogens is 825 g/mol. The molecule has 2 fully saturated rings. The van der Waals surface area contributed by atoms with E-state index in [0.29, 0.717) is 67.4 Å². The monoisotopic (exact) mass is 870 g/mol. The molecule has 0 aliphatic carbocycles. The topological polar surface area (TPSA) is 150 Å². The van der Waals surface area contributed by atoms with Crippen molar-refractivity contribution in [2.24, 2.45) is 9.98 Å². The number of hydrogen-bond acceptors (Lipinski definition) is 14. The summed E-state index contributed by atoms with van der Waals surface area (Å²) >= 11 is 16.3. The number of carbonyl (C=O) groups is 4. The average molecular weight is 871 g/mol. The van der Waals surface area contributed by atoms with Gasteiger partial charge in [0, 0.05) is 47.2 Å². The lowest BCUT2D eigenvalue weighted by molar-refractivity contribution is -0.110. The second kappa shape index (κ2) is 19.1. The summed E-state index contributed by atoms with van der Waals surface area (Å²) < 4.78 is 2.61. The van der Waals surface area contributed by atoms with Crippen molar-refractivity contribution in [3.8, 4) is 0 Å². The summed E-state index contributed by atoms with van der Waals surface area (Å²) in [6.07, 6.45) is 0.960. The molecule has 2 atom stereocenters. The summed E-state index contributed by atoms with van der Waals surface area (Å²) in [6.45, 7) is 14.4. The number of aldehydes is 2. The number of thioether (sulfide) groups is 4. The number of aromatic nitrogens is 2. The van der Waals surface area contributed by atoms with Crippen LogP contribution in [-0.4, -0.2) is 127 Å². The van der Waals surface area contributed by atoms with E-state index in [-0.39, 0.29) is 40.3 Å². The number of amides is 2. The van der Waals surface area contributed by atoms with Crippen LogP contribution in [0.4, 0.5) is 0 Å². The maximum Gasteiger partial charge on any atom is 0.262 e. The first-order chi connectivity index (χ1) is 24.9. The smallest absolute Gasteiger partial charge is 0.262 e. The fraction of sp³-hybridized carbons (Fsp3) is 0.515. The second-order valence-electron chi connectivity index (χ2n) is 14.8. The Kier molecular flexibility index (Phi) is 15.7. The third-order valence-electron chi connectivity index (χ3n) is 8.13. The van der Waals surface area contributed by atoms with Gasteiger partial charge in [-0.05, 0) is 47.9 Å². The van der Waals surface area contributed by atoms with Crippen LogP contribution in [0.25, 0.3) is 0 Å². The van der Waals surface area contributed by atoms with Gasteiger partial charge in [0.15, 0.2) is 11.0 Å². The van der Waals surface area contributed by atoms with Gasteiger partial charge in [-0.3, -0.25) is 29.4 Å². The van der Waals surface area contributed by atoms with Gasteiger partial charge in [0.2, 0.25) is 0 Å². The third-order valence-corrected chi connectivity index (χ3v) is 17.4. The molecule has 20 heteroatoms. The molecule has 0 aromatic carbocycles. The van der Waals surface area contributed by atoms with Gasteiger partial charge in [0.05, 0.1) is 11.1 Å². The largest absolute Gasteiger partial charge is 0.426 e. The van der Waals surface area contributed by atoms with Crippen molar-refractivity contribution < 1.29 is 29.6 Å². The standard InChI is InChI=1S/C33H46N6O6S6Si2/c1-52(2,3)17-15-48-30-24(28(42)36-11-13-50-32(36)46)7-9-26(38(30)44)34-22(20-40)19-23(21-41)35-27-10-8-25(29(43)37-12-14-51-33(37)47)31(39(27)45)49-16-18-53(4,5)6/h7-10,20-23,44-45H,11-19H2,1-6H3. The number of rotatable bonds is 16. The summed E-state index contributed by atoms with van der Waals surface area (Å²) in [7, 11) is -2.88. The molecule has 2 unspecified atom stereocenters. The van der Waals surface area contributed by atoms with Crippen molar-refractivity contribution >= 4 is 121 Å². The molecule has 2 aromatic rings. The number of nitrogens with zero attached hydrogens (tertiary/aromatic N) is 6. The van der Waals surface area contributed by atoms with Crippen molar-refractivity contribution in [3.63, 3.8) is 0 Å². The van der Waals surface area contributed by atoms with Crippen molar-refractivity contribution in [2.45, 2.75) is 79.9 Å². The molecule has 2 saturated heterocycles. The Labute approximate surface area is 339 Å². The van der Waals surface area contributed by atoms with Crippen LogP contribution in [0.1, 0.15) is 27.1 Å². The summed E-state index contributed by atoms with van der Waals surface area (Å²) in [5.41, 5.74) is 0.602. The zero-order chi connectivity index (χ0) is 39.1. The van der Waals surface area contributed by atoms with Crippen molar-refractivity contribution in [3.05, 3.63) is 46.4 Å². The molecule has 0 radical (unpaired) electrons. The highest BCUT2D eigenvalue weighted by Gasteiger charge is 2.30. The van der Waals surface area contributed by atoms with Gasteiger partial charge >= 0.3 is 0 Å². The van der Waals surface area contributed by atoms with Gasteiger partial charge in [0.25, 0.3) is 11.8 Å². The Bertz CT molecular complexity index is 1760. The molecule has 53 heavy (non-hydrogen) atoms. The van der Waals surface area contributed by atoms with Crippen LogP contribution in [0, 0.1) is 0 Å². The van der Waals surface area contributed by atoms with Gasteiger partial charge in [-0.2, -0.15) is 9.46 Å². The molecule has 12 nitrogen and oxygen atoms in total. The average Bonchev–Trinajstić information content (AvgIpc) is 3.72. The van der Waals surface area contributed by atoms with E-state index >= 15 is 0 Å². The predicted octanol–water partition coefficient (Wildman–Crippen LogP) is 5.60. The first-order valence-corrected chi connectivity index (χ1v) is 29.2. The van der Waals surface area contributed by atoms with Gasteiger partial charge in [0.1, 0.15) is 43.3 Å². The molecule has 0 bridgehead atoms. The van der Waals surface area contributed by atoms with Crippen molar-refractivity contribution in [1.82, 2.24) is 19.3 Å². The van der Waals surface area contributed by atoms with Crippen molar-refractivity contribution in [1.29, 1.82) is 0 Å². The molecule has 0 spiro atoms. The van der Waals surface area contributed by atoms with E-state index in [4.69, 9.17) is 24.4 Å². The fourth-order valence-electron chi connectivity index (χ4n) is 5.05. The zero-order valence-corrected chi connectivity index (χ0v) is 37.5. The maximum atomic E-state index is 13.5. The van der Waals surface area contributed by atoms with Crippen LogP contribution < -0.4 is 11.0 Å². The van der Waals surface area contributed by atoms with Gasteiger partial charge in [-0.1, -0.05) is 87.2 Å². The Morgan fingerprint density at radius 2 is 1.13 bits per heavy atom. The minimum atomic E-state index is -1.44. The second-order valence-corrected chi connectivity index (χ2v) is 31.7. The molecule has 4 rings (SSSR count). The minimum Gasteiger partial charge on any atom is -0.426 e. The fourth-order valence-corrected chi connectivity index (χ4v) is 14.6. The summed E-state index contributed by atoms with van der Waals surface area (Å²) in [5.74, 6) is 2.08. The number of thiocarbonyl (C=S) groups is 2. The highest BCUT2D eigenvalue weighted by Crippen LogP contribution is 2.29. The van der Waals surface area contributed by atoms with E-state index in [1.807, 2.05) is 0 Å². The molecule has 0 saturated carbocycles. The maximum absolute atomic E-state index is 13.5. The minimum absolute atomic E-state index is 0.0244. The molecule has 2 amide bonds. The SMILES string of the molecule is C[Si](C)(C)CCSc1c(C(=O)N2CCSC2=S)ccc(=NC(C=O)CC(C=O)N=c2ccc(C(=O)N3CCSC3=S)c(SCC[Si](C)(C)C)n2O)n1O. The van der Waals surface area contributed by atoms with E-state index in [9.17, 15) is 29.6 Å². The Morgan fingerprint density at radius 1 is 0.755 bits per heavy atom. The van der Waals surface area contributed by atoms with Crippen LogP contribution >= 0.6 is 71.5 Å². The molecular formula is C33H46N6O6S6Si2. The van der Waals surface area contributed by atoms with Crippen LogP contribution in [0.15, 0.2) is 44.3 Å². The Morgan fingerprint density at radius 3 is 1.43 bits per heavy atom.